The van der Waals surface area contributed by atoms with E-state index in [1.54, 1.807) is 32.4 Å². The number of nitrogens with two attached hydrogens (primary N) is 1. The van der Waals surface area contributed by atoms with E-state index in [0.717, 1.165) is 0 Å². The van der Waals surface area contributed by atoms with Crippen molar-refractivity contribution >= 4 is 11.7 Å². The molecule has 0 aliphatic rings. The summed E-state index contributed by atoms with van der Waals surface area (Å²) in [6.45, 7) is 0.764. The molecule has 1 amide bonds. The normalized spacial score (nSPS) is 11.9. The van der Waals surface area contributed by atoms with Crippen LogP contribution in [0.5, 0.6) is 0 Å². The third kappa shape index (κ3) is 4.28. The molecule has 0 spiro atoms. The summed E-state index contributed by atoms with van der Waals surface area (Å²) in [6.07, 6.45) is -0.185. The lowest BCUT2D eigenvalue weighted by Crippen LogP contribution is -2.36. The molecule has 7 nitrogen and oxygen atoms in total. The first-order valence-electron chi connectivity index (χ1n) is 5.44. The molecular weight excluding hydrogens is 236 g/mol. The van der Waals surface area contributed by atoms with Crippen LogP contribution < -0.4 is 16.6 Å². The van der Waals surface area contributed by atoms with E-state index in [1.165, 1.54) is 0 Å². The highest BCUT2D eigenvalue weighted by atomic mass is 16.5. The Balaban J connectivity index is 2.53. The predicted octanol–water partition coefficient (Wildman–Crippen LogP) is -0.242. The highest BCUT2D eigenvalue weighted by molar-refractivity contribution is 5.92. The van der Waals surface area contributed by atoms with Crippen molar-refractivity contribution in [3.05, 3.63) is 23.9 Å². The molecule has 0 fully saturated rings. The second-order valence-electron chi connectivity index (χ2n) is 3.58. The van der Waals surface area contributed by atoms with Gasteiger partial charge in [-0.3, -0.25) is 4.79 Å². The number of carbonyl (C=O) groups is 1. The van der Waals surface area contributed by atoms with Crippen LogP contribution in [0.1, 0.15) is 10.5 Å². The van der Waals surface area contributed by atoms with Crippen LogP contribution in [-0.2, 0) is 9.47 Å². The molecule has 4 N–H and O–H groups in total. The Bertz CT molecular complexity index is 386. The Labute approximate surface area is 106 Å². The summed E-state index contributed by atoms with van der Waals surface area (Å²) in [5.74, 6) is 5.37. The number of rotatable bonds is 7. The summed E-state index contributed by atoms with van der Waals surface area (Å²) in [5, 5.41) is 2.71. The topological polar surface area (TPSA) is 98.5 Å². The maximum Gasteiger partial charge on any atom is 0.270 e. The lowest BCUT2D eigenvalue weighted by atomic mass is 10.3. The van der Waals surface area contributed by atoms with Gasteiger partial charge in [0.05, 0.1) is 12.7 Å². The fraction of sp³-hybridized carbons (Fsp3) is 0.455. The minimum absolute atomic E-state index is 0.185. The molecule has 1 aromatic heterocycles. The van der Waals surface area contributed by atoms with Crippen LogP contribution in [0, 0.1) is 0 Å². The van der Waals surface area contributed by atoms with Gasteiger partial charge in [0.1, 0.15) is 11.5 Å². The van der Waals surface area contributed by atoms with E-state index in [1.807, 2.05) is 0 Å². The van der Waals surface area contributed by atoms with Gasteiger partial charge in [0.2, 0.25) is 0 Å². The molecule has 0 radical (unpaired) electrons. The number of hydrogen-bond acceptors (Lipinski definition) is 6. The molecule has 0 aromatic carbocycles. The molecule has 1 aromatic rings. The van der Waals surface area contributed by atoms with Gasteiger partial charge in [0.15, 0.2) is 0 Å². The van der Waals surface area contributed by atoms with E-state index in [0.29, 0.717) is 19.0 Å². The average molecular weight is 254 g/mol. The Hall–Kier alpha value is -1.70. The van der Waals surface area contributed by atoms with Crippen molar-refractivity contribution in [2.45, 2.75) is 6.10 Å². The molecule has 100 valence electrons. The van der Waals surface area contributed by atoms with Gasteiger partial charge in [0.25, 0.3) is 5.91 Å². The summed E-state index contributed by atoms with van der Waals surface area (Å²) in [7, 11) is 3.14. The first-order chi connectivity index (χ1) is 8.71. The molecule has 18 heavy (non-hydrogen) atoms. The molecule has 1 unspecified atom stereocenters. The Kier molecular flexibility index (Phi) is 6.06. The molecule has 1 heterocycles. The van der Waals surface area contributed by atoms with Gasteiger partial charge in [-0.1, -0.05) is 6.07 Å². The highest BCUT2D eigenvalue weighted by Gasteiger charge is 2.11. The summed E-state index contributed by atoms with van der Waals surface area (Å²) < 4.78 is 10.1. The van der Waals surface area contributed by atoms with Gasteiger partial charge >= 0.3 is 0 Å². The fourth-order valence-corrected chi connectivity index (χ4v) is 1.33. The summed E-state index contributed by atoms with van der Waals surface area (Å²) >= 11 is 0. The maximum absolute atomic E-state index is 11.8. The van der Waals surface area contributed by atoms with E-state index in [2.05, 4.69) is 15.7 Å². The smallest absolute Gasteiger partial charge is 0.270 e. The van der Waals surface area contributed by atoms with E-state index < -0.39 is 0 Å². The van der Waals surface area contributed by atoms with Crippen LogP contribution in [-0.4, -0.2) is 44.4 Å². The Morgan fingerprint density at radius 3 is 2.89 bits per heavy atom. The van der Waals surface area contributed by atoms with Gasteiger partial charge in [-0.25, -0.2) is 10.8 Å². The van der Waals surface area contributed by atoms with Gasteiger partial charge in [-0.15, -0.1) is 0 Å². The summed E-state index contributed by atoms with van der Waals surface area (Å²) in [6, 6.07) is 4.97. The first kappa shape index (κ1) is 14.4. The number of carbonyl (C=O) groups excluding carboxylic acids is 1. The molecule has 0 aliphatic carbocycles. The molecular formula is C11H18N4O3. The zero-order chi connectivity index (χ0) is 13.4. The van der Waals surface area contributed by atoms with E-state index in [4.69, 9.17) is 15.3 Å². The van der Waals surface area contributed by atoms with E-state index in [9.17, 15) is 4.79 Å². The van der Waals surface area contributed by atoms with Crippen LogP contribution >= 0.6 is 0 Å². The number of nitrogens with zero attached hydrogens (tertiary/aromatic N) is 1. The number of aromatic nitrogens is 1. The van der Waals surface area contributed by atoms with Crippen molar-refractivity contribution < 1.29 is 14.3 Å². The van der Waals surface area contributed by atoms with Crippen molar-refractivity contribution in [2.75, 3.05) is 32.8 Å². The van der Waals surface area contributed by atoms with E-state index >= 15 is 0 Å². The number of ether oxygens (including phenoxy) is 2. The summed E-state index contributed by atoms with van der Waals surface area (Å²) in [5.41, 5.74) is 2.67. The Morgan fingerprint density at radius 2 is 2.28 bits per heavy atom. The molecule has 1 rings (SSSR count). The number of nitrogens with one attached hydrogen (secondary N) is 2. The third-order valence-corrected chi connectivity index (χ3v) is 2.31. The van der Waals surface area contributed by atoms with Crippen LogP contribution in [0.2, 0.25) is 0 Å². The van der Waals surface area contributed by atoms with Crippen LogP contribution in [0.25, 0.3) is 0 Å². The van der Waals surface area contributed by atoms with Crippen molar-refractivity contribution in [2.24, 2.45) is 5.84 Å². The van der Waals surface area contributed by atoms with Gasteiger partial charge in [-0.05, 0) is 12.1 Å². The fourth-order valence-electron chi connectivity index (χ4n) is 1.33. The predicted molar refractivity (Wildman–Crippen MR) is 67.1 cm³/mol. The van der Waals surface area contributed by atoms with Crippen molar-refractivity contribution in [3.8, 4) is 0 Å². The number of hydrogen-bond donors (Lipinski definition) is 3. The lowest BCUT2D eigenvalue weighted by Gasteiger charge is -2.14. The minimum Gasteiger partial charge on any atom is -0.382 e. The summed E-state index contributed by atoms with van der Waals surface area (Å²) in [4.78, 5) is 15.8. The monoisotopic (exact) mass is 254 g/mol. The lowest BCUT2D eigenvalue weighted by molar-refractivity contribution is 0.0285. The van der Waals surface area contributed by atoms with Crippen molar-refractivity contribution in [1.82, 2.24) is 10.3 Å². The zero-order valence-electron chi connectivity index (χ0n) is 10.5. The number of anilines is 1. The average Bonchev–Trinajstić information content (AvgIpc) is 2.43. The SMILES string of the molecule is COCC(CNC(=O)c1cccc(NN)n1)OC. The largest absolute Gasteiger partial charge is 0.382 e. The number of amides is 1. The van der Waals surface area contributed by atoms with Gasteiger partial charge < -0.3 is 20.2 Å². The number of hydrazine groups is 1. The van der Waals surface area contributed by atoms with Gasteiger partial charge in [0, 0.05) is 20.8 Å². The molecule has 0 saturated heterocycles. The number of nitrogen functional groups attached to an aromatic ring is 1. The standard InChI is InChI=1S/C11H18N4O3/c1-17-7-8(18-2)6-13-11(16)9-4-3-5-10(14-9)15-12/h3-5,8H,6-7,12H2,1-2H3,(H,13,16)(H,14,15). The van der Waals surface area contributed by atoms with Crippen LogP contribution in [0.15, 0.2) is 18.2 Å². The van der Waals surface area contributed by atoms with Crippen LogP contribution in [0.4, 0.5) is 5.82 Å². The molecule has 0 bridgehead atoms. The molecule has 7 heteroatoms. The van der Waals surface area contributed by atoms with Gasteiger partial charge in [-0.2, -0.15) is 0 Å². The third-order valence-electron chi connectivity index (χ3n) is 2.31. The first-order valence-corrected chi connectivity index (χ1v) is 5.44. The van der Waals surface area contributed by atoms with Crippen molar-refractivity contribution in [1.29, 1.82) is 0 Å². The van der Waals surface area contributed by atoms with E-state index in [-0.39, 0.29) is 17.7 Å². The second-order valence-corrected chi connectivity index (χ2v) is 3.58. The molecule has 1 atom stereocenters. The number of pyridine rings is 1. The zero-order valence-corrected chi connectivity index (χ0v) is 10.5. The highest BCUT2D eigenvalue weighted by Crippen LogP contribution is 2.03. The second kappa shape index (κ2) is 7.59. The van der Waals surface area contributed by atoms with Crippen LogP contribution in [0.3, 0.4) is 0 Å². The quantitative estimate of drug-likeness (QED) is 0.459. The Morgan fingerprint density at radius 1 is 1.50 bits per heavy atom. The van der Waals surface area contributed by atoms with Crippen molar-refractivity contribution in [3.63, 3.8) is 0 Å². The number of methoxy groups -OCH3 is 2. The minimum atomic E-state index is -0.287. The molecule has 0 aliphatic heterocycles. The maximum atomic E-state index is 11.8. The molecule has 0 saturated carbocycles.